The van der Waals surface area contributed by atoms with Crippen molar-refractivity contribution in [2.75, 3.05) is 11.9 Å². The van der Waals surface area contributed by atoms with Gasteiger partial charge in [-0.05, 0) is 17.7 Å². The normalized spacial score (nSPS) is 10.5. The van der Waals surface area contributed by atoms with E-state index in [0.29, 0.717) is 6.54 Å². The Morgan fingerprint density at radius 1 is 1.08 bits per heavy atom. The molecule has 0 bridgehead atoms. The average Bonchev–Trinajstić information content (AvgIpc) is 3.03. The molecule has 3 aromatic rings. The van der Waals surface area contributed by atoms with Crippen LogP contribution in [0.15, 0.2) is 67.0 Å². The van der Waals surface area contributed by atoms with Gasteiger partial charge in [-0.25, -0.2) is 4.98 Å². The quantitative estimate of drug-likeness (QED) is 0.534. The van der Waals surface area contributed by atoms with E-state index in [1.54, 1.807) is 12.1 Å². The molecule has 24 heavy (non-hydrogen) atoms. The van der Waals surface area contributed by atoms with E-state index in [9.17, 15) is 10.1 Å². The molecule has 1 N–H and O–H groups in total. The maximum Gasteiger partial charge on any atom is 0.269 e. The van der Waals surface area contributed by atoms with Crippen molar-refractivity contribution in [3.05, 3.63) is 88.5 Å². The summed E-state index contributed by atoms with van der Waals surface area (Å²) in [5.41, 5.74) is 2.20. The lowest BCUT2D eigenvalue weighted by molar-refractivity contribution is -0.384. The van der Waals surface area contributed by atoms with Crippen LogP contribution < -0.4 is 5.32 Å². The van der Waals surface area contributed by atoms with Gasteiger partial charge >= 0.3 is 0 Å². The van der Waals surface area contributed by atoms with Crippen molar-refractivity contribution in [1.82, 2.24) is 9.55 Å². The van der Waals surface area contributed by atoms with Gasteiger partial charge in [0, 0.05) is 49.7 Å². The molecule has 3 rings (SSSR count). The average molecular weight is 322 g/mol. The predicted molar refractivity (Wildman–Crippen MR) is 93.1 cm³/mol. The molecular weight excluding hydrogens is 304 g/mol. The number of hydrogen-bond acceptors (Lipinski definition) is 4. The first-order valence-electron chi connectivity index (χ1n) is 7.74. The van der Waals surface area contributed by atoms with E-state index in [1.165, 1.54) is 17.7 Å². The fourth-order valence-corrected chi connectivity index (χ4v) is 2.51. The van der Waals surface area contributed by atoms with Crippen molar-refractivity contribution >= 4 is 11.4 Å². The van der Waals surface area contributed by atoms with Gasteiger partial charge in [0.15, 0.2) is 0 Å². The molecule has 0 aliphatic carbocycles. The number of anilines is 1. The Kier molecular flexibility index (Phi) is 4.86. The third-order valence-electron chi connectivity index (χ3n) is 3.75. The van der Waals surface area contributed by atoms with Crippen molar-refractivity contribution in [1.29, 1.82) is 0 Å². The molecule has 122 valence electrons. The summed E-state index contributed by atoms with van der Waals surface area (Å²) in [4.78, 5) is 14.7. The van der Waals surface area contributed by atoms with Gasteiger partial charge in [0.25, 0.3) is 5.69 Å². The van der Waals surface area contributed by atoms with Crippen molar-refractivity contribution in [3.63, 3.8) is 0 Å². The monoisotopic (exact) mass is 322 g/mol. The molecule has 0 saturated carbocycles. The number of hydrogen-bond donors (Lipinski definition) is 1. The van der Waals surface area contributed by atoms with Crippen LogP contribution in [0.25, 0.3) is 0 Å². The minimum Gasteiger partial charge on any atom is -0.385 e. The summed E-state index contributed by atoms with van der Waals surface area (Å²) >= 11 is 0. The number of benzene rings is 2. The van der Waals surface area contributed by atoms with Gasteiger partial charge in [-0.3, -0.25) is 10.1 Å². The van der Waals surface area contributed by atoms with Crippen LogP contribution in [0.1, 0.15) is 11.4 Å². The van der Waals surface area contributed by atoms with Gasteiger partial charge in [0.2, 0.25) is 0 Å². The Morgan fingerprint density at radius 2 is 1.83 bits per heavy atom. The minimum absolute atomic E-state index is 0.0963. The number of nitro benzene ring substituents is 1. The molecule has 0 atom stereocenters. The highest BCUT2D eigenvalue weighted by atomic mass is 16.6. The van der Waals surface area contributed by atoms with Crippen LogP contribution in [0.2, 0.25) is 0 Å². The first kappa shape index (κ1) is 15.7. The number of rotatable bonds is 7. The van der Waals surface area contributed by atoms with Crippen LogP contribution in [-0.4, -0.2) is 21.0 Å². The second-order valence-corrected chi connectivity index (χ2v) is 5.44. The number of imidazole rings is 1. The number of nitrogens with zero attached hydrogens (tertiary/aromatic N) is 3. The molecule has 0 fully saturated rings. The zero-order valence-electron chi connectivity index (χ0n) is 13.1. The van der Waals surface area contributed by atoms with Gasteiger partial charge in [0.1, 0.15) is 5.82 Å². The van der Waals surface area contributed by atoms with E-state index in [2.05, 4.69) is 27.0 Å². The van der Waals surface area contributed by atoms with Crippen LogP contribution in [0.3, 0.4) is 0 Å². The molecule has 2 aromatic carbocycles. The van der Waals surface area contributed by atoms with E-state index < -0.39 is 4.92 Å². The number of aromatic nitrogens is 2. The fourth-order valence-electron chi connectivity index (χ4n) is 2.51. The molecule has 0 radical (unpaired) electrons. The number of nitro groups is 1. The lowest BCUT2D eigenvalue weighted by atomic mass is 10.2. The number of non-ortho nitro benzene ring substituents is 1. The SMILES string of the molecule is O=[N+]([O-])c1ccc(NCCc2nccn2Cc2ccccc2)cc1. The van der Waals surface area contributed by atoms with E-state index in [-0.39, 0.29) is 5.69 Å². The van der Waals surface area contributed by atoms with Crippen LogP contribution >= 0.6 is 0 Å². The summed E-state index contributed by atoms with van der Waals surface area (Å²) in [6.07, 6.45) is 4.56. The van der Waals surface area contributed by atoms with Crippen molar-refractivity contribution in [2.24, 2.45) is 0 Å². The fraction of sp³-hybridized carbons (Fsp3) is 0.167. The lowest BCUT2D eigenvalue weighted by Crippen LogP contribution is -2.11. The van der Waals surface area contributed by atoms with Crippen LogP contribution in [0.4, 0.5) is 11.4 Å². The van der Waals surface area contributed by atoms with Crippen molar-refractivity contribution < 1.29 is 4.92 Å². The minimum atomic E-state index is -0.399. The Morgan fingerprint density at radius 3 is 2.54 bits per heavy atom. The highest BCUT2D eigenvalue weighted by molar-refractivity contribution is 5.48. The summed E-state index contributed by atoms with van der Waals surface area (Å²) in [6, 6.07) is 16.7. The molecular formula is C18H18N4O2. The third-order valence-corrected chi connectivity index (χ3v) is 3.75. The molecule has 0 amide bonds. The van der Waals surface area contributed by atoms with Crippen molar-refractivity contribution in [3.8, 4) is 0 Å². The van der Waals surface area contributed by atoms with E-state index in [1.807, 2.05) is 30.6 Å². The number of nitrogens with one attached hydrogen (secondary N) is 1. The standard InChI is InChI=1S/C18H18N4O2/c23-22(24)17-8-6-16(7-9-17)19-11-10-18-20-12-13-21(18)14-15-4-2-1-3-5-15/h1-9,12-13,19H,10-11,14H2. The summed E-state index contributed by atoms with van der Waals surface area (Å²) in [7, 11) is 0. The highest BCUT2D eigenvalue weighted by Gasteiger charge is 2.05. The van der Waals surface area contributed by atoms with Gasteiger partial charge in [-0.15, -0.1) is 0 Å². The molecule has 1 heterocycles. The maximum absolute atomic E-state index is 10.6. The maximum atomic E-state index is 10.6. The second kappa shape index (κ2) is 7.41. The van der Waals surface area contributed by atoms with Crippen LogP contribution in [0.5, 0.6) is 0 Å². The predicted octanol–water partition coefficient (Wildman–Crippen LogP) is 3.49. The van der Waals surface area contributed by atoms with Crippen LogP contribution in [-0.2, 0) is 13.0 Å². The largest absolute Gasteiger partial charge is 0.385 e. The Hall–Kier alpha value is -3.15. The lowest BCUT2D eigenvalue weighted by Gasteiger charge is -2.09. The van der Waals surface area contributed by atoms with E-state index in [4.69, 9.17) is 0 Å². The van der Waals surface area contributed by atoms with Gasteiger partial charge in [0.05, 0.1) is 4.92 Å². The second-order valence-electron chi connectivity index (χ2n) is 5.44. The molecule has 0 spiro atoms. The zero-order valence-corrected chi connectivity index (χ0v) is 13.1. The zero-order chi connectivity index (χ0) is 16.8. The first-order chi connectivity index (χ1) is 11.7. The van der Waals surface area contributed by atoms with Crippen molar-refractivity contribution in [2.45, 2.75) is 13.0 Å². The summed E-state index contributed by atoms with van der Waals surface area (Å²) in [5, 5.41) is 13.9. The topological polar surface area (TPSA) is 73.0 Å². The summed E-state index contributed by atoms with van der Waals surface area (Å²) in [5.74, 6) is 1.01. The Balaban J connectivity index is 1.56. The van der Waals surface area contributed by atoms with Gasteiger partial charge < -0.3 is 9.88 Å². The molecule has 6 heteroatoms. The molecule has 1 aromatic heterocycles. The highest BCUT2D eigenvalue weighted by Crippen LogP contribution is 2.15. The van der Waals surface area contributed by atoms with E-state index in [0.717, 1.165) is 24.5 Å². The molecule has 0 unspecified atom stereocenters. The smallest absolute Gasteiger partial charge is 0.269 e. The first-order valence-corrected chi connectivity index (χ1v) is 7.74. The van der Waals surface area contributed by atoms with Gasteiger partial charge in [-0.1, -0.05) is 30.3 Å². The molecule has 6 nitrogen and oxygen atoms in total. The summed E-state index contributed by atoms with van der Waals surface area (Å²) in [6.45, 7) is 1.51. The Labute approximate surface area is 139 Å². The molecule has 0 aliphatic heterocycles. The van der Waals surface area contributed by atoms with Gasteiger partial charge in [-0.2, -0.15) is 0 Å². The Bertz CT molecular complexity index is 797. The molecule has 0 aliphatic rings. The molecule has 0 saturated heterocycles. The summed E-state index contributed by atoms with van der Waals surface area (Å²) < 4.78 is 2.13. The van der Waals surface area contributed by atoms with Crippen LogP contribution in [0, 0.1) is 10.1 Å². The van der Waals surface area contributed by atoms with E-state index >= 15 is 0 Å². The third kappa shape index (κ3) is 3.98.